The summed E-state index contributed by atoms with van der Waals surface area (Å²) < 4.78 is 0. The molecular weight excluding hydrogens is 274 g/mol. The molecule has 0 saturated carbocycles. The van der Waals surface area contributed by atoms with Gasteiger partial charge in [0, 0.05) is 60.1 Å². The summed E-state index contributed by atoms with van der Waals surface area (Å²) in [6.07, 6.45) is 12.9. The number of nitrogens with zero attached hydrogens (tertiary/aromatic N) is 2. The van der Waals surface area contributed by atoms with Crippen molar-refractivity contribution >= 4 is 34.7 Å². The van der Waals surface area contributed by atoms with Crippen molar-refractivity contribution in [3.8, 4) is 0 Å². The van der Waals surface area contributed by atoms with E-state index in [4.69, 9.17) is 10.8 Å². The standard InChI is InChI=1S/C17H21N5/c18-7-5-13(11-19)14-12-21-17-16(14)15(6-8-20-17)22-9-3-1-2-4-10-22/h5-8,11-12,18-19H,1-4,9-10H2,(H,20,21)/b13-5+,18-7?,19-11?. The number of aromatic amines is 1. The smallest absolute Gasteiger partial charge is 0.139 e. The zero-order valence-corrected chi connectivity index (χ0v) is 12.6. The number of hydrogen-bond acceptors (Lipinski definition) is 4. The van der Waals surface area contributed by atoms with Crippen LogP contribution in [-0.4, -0.2) is 35.5 Å². The number of hydrogen-bond donors (Lipinski definition) is 3. The molecule has 0 atom stereocenters. The lowest BCUT2D eigenvalue weighted by atomic mass is 10.0. The number of rotatable bonds is 4. The molecule has 0 aromatic carbocycles. The van der Waals surface area contributed by atoms with Crippen molar-refractivity contribution < 1.29 is 0 Å². The van der Waals surface area contributed by atoms with E-state index in [0.29, 0.717) is 0 Å². The van der Waals surface area contributed by atoms with Crippen LogP contribution in [0.1, 0.15) is 31.2 Å². The zero-order chi connectivity index (χ0) is 15.4. The van der Waals surface area contributed by atoms with E-state index in [1.165, 1.54) is 43.8 Å². The van der Waals surface area contributed by atoms with Crippen molar-refractivity contribution in [1.29, 1.82) is 10.8 Å². The summed E-state index contributed by atoms with van der Waals surface area (Å²) in [5, 5.41) is 16.0. The molecule has 0 bridgehead atoms. The van der Waals surface area contributed by atoms with Gasteiger partial charge in [-0.2, -0.15) is 0 Å². The molecule has 1 saturated heterocycles. The lowest BCUT2D eigenvalue weighted by Crippen LogP contribution is -2.24. The molecule has 1 aliphatic heterocycles. The van der Waals surface area contributed by atoms with E-state index in [-0.39, 0.29) is 0 Å². The minimum absolute atomic E-state index is 0.727. The maximum atomic E-state index is 7.62. The SMILES string of the molecule is N=C/C=C(\C=N)c1c[nH]c2nccc(N3CCCCCC3)c12. The van der Waals surface area contributed by atoms with Crippen LogP contribution in [0.15, 0.2) is 24.5 Å². The third-order valence-corrected chi connectivity index (χ3v) is 4.23. The average Bonchev–Trinajstić information content (AvgIpc) is 2.79. The highest BCUT2D eigenvalue weighted by Gasteiger charge is 2.17. The lowest BCUT2D eigenvalue weighted by molar-refractivity contribution is 0.726. The third kappa shape index (κ3) is 2.66. The number of aromatic nitrogens is 2. The Labute approximate surface area is 130 Å². The van der Waals surface area contributed by atoms with Crippen LogP contribution in [0.4, 0.5) is 5.69 Å². The second kappa shape index (κ2) is 6.56. The Balaban J connectivity index is 2.13. The molecule has 3 rings (SSSR count). The first-order valence-corrected chi connectivity index (χ1v) is 7.78. The first-order chi connectivity index (χ1) is 10.8. The first kappa shape index (κ1) is 14.5. The van der Waals surface area contributed by atoms with Gasteiger partial charge in [-0.3, -0.25) is 0 Å². The molecule has 2 aromatic rings. The molecule has 1 fully saturated rings. The van der Waals surface area contributed by atoms with Gasteiger partial charge in [0.25, 0.3) is 0 Å². The molecule has 5 nitrogen and oxygen atoms in total. The van der Waals surface area contributed by atoms with E-state index >= 15 is 0 Å². The van der Waals surface area contributed by atoms with Gasteiger partial charge in [-0.05, 0) is 25.0 Å². The lowest BCUT2D eigenvalue weighted by Gasteiger charge is -2.23. The second-order valence-corrected chi connectivity index (χ2v) is 5.59. The van der Waals surface area contributed by atoms with Crippen LogP contribution >= 0.6 is 0 Å². The molecule has 0 radical (unpaired) electrons. The van der Waals surface area contributed by atoms with Crippen LogP contribution < -0.4 is 4.90 Å². The highest BCUT2D eigenvalue weighted by Crippen LogP contribution is 2.32. The molecule has 1 aliphatic rings. The van der Waals surface area contributed by atoms with Crippen molar-refractivity contribution in [2.75, 3.05) is 18.0 Å². The number of nitrogens with one attached hydrogen (secondary N) is 3. The summed E-state index contributed by atoms with van der Waals surface area (Å²) >= 11 is 0. The fraction of sp³-hybridized carbons (Fsp3) is 0.353. The summed E-state index contributed by atoms with van der Waals surface area (Å²) in [6, 6.07) is 2.07. The molecule has 3 heterocycles. The van der Waals surface area contributed by atoms with Gasteiger partial charge in [-0.1, -0.05) is 12.8 Å². The second-order valence-electron chi connectivity index (χ2n) is 5.59. The third-order valence-electron chi connectivity index (χ3n) is 4.23. The normalized spacial score (nSPS) is 16.5. The van der Waals surface area contributed by atoms with Gasteiger partial charge in [0.2, 0.25) is 0 Å². The maximum Gasteiger partial charge on any atom is 0.139 e. The van der Waals surface area contributed by atoms with Gasteiger partial charge in [0.15, 0.2) is 0 Å². The minimum Gasteiger partial charge on any atom is -0.371 e. The van der Waals surface area contributed by atoms with Crippen LogP contribution in [0, 0.1) is 10.8 Å². The Morgan fingerprint density at radius 2 is 1.95 bits per heavy atom. The fourth-order valence-corrected chi connectivity index (χ4v) is 3.15. The Bertz CT molecular complexity index is 705. The van der Waals surface area contributed by atoms with Crippen LogP contribution in [0.25, 0.3) is 16.6 Å². The van der Waals surface area contributed by atoms with Crippen molar-refractivity contribution in [2.24, 2.45) is 0 Å². The summed E-state index contributed by atoms with van der Waals surface area (Å²) in [4.78, 5) is 10.0. The molecule has 0 unspecified atom stereocenters. The predicted molar refractivity (Wildman–Crippen MR) is 92.3 cm³/mol. The maximum absolute atomic E-state index is 7.62. The number of allylic oxidation sites excluding steroid dienone is 2. The molecule has 0 spiro atoms. The molecule has 0 amide bonds. The summed E-state index contributed by atoms with van der Waals surface area (Å²) in [7, 11) is 0. The largest absolute Gasteiger partial charge is 0.371 e. The van der Waals surface area contributed by atoms with Gasteiger partial charge in [-0.15, -0.1) is 0 Å². The molecule has 22 heavy (non-hydrogen) atoms. The highest BCUT2D eigenvalue weighted by atomic mass is 15.1. The van der Waals surface area contributed by atoms with E-state index in [1.54, 1.807) is 6.08 Å². The van der Waals surface area contributed by atoms with Gasteiger partial charge in [0.05, 0.1) is 0 Å². The van der Waals surface area contributed by atoms with Crippen molar-refractivity contribution in [3.63, 3.8) is 0 Å². The van der Waals surface area contributed by atoms with E-state index in [0.717, 1.165) is 35.3 Å². The number of fused-ring (bicyclic) bond motifs is 1. The predicted octanol–water partition coefficient (Wildman–Crippen LogP) is 3.63. The van der Waals surface area contributed by atoms with E-state index in [9.17, 15) is 0 Å². The zero-order valence-electron chi connectivity index (χ0n) is 12.6. The van der Waals surface area contributed by atoms with Crippen LogP contribution in [0.5, 0.6) is 0 Å². The Morgan fingerprint density at radius 3 is 2.64 bits per heavy atom. The highest BCUT2D eigenvalue weighted by molar-refractivity contribution is 6.18. The monoisotopic (exact) mass is 295 g/mol. The molecule has 0 aliphatic carbocycles. The topological polar surface area (TPSA) is 79.6 Å². The Morgan fingerprint density at radius 1 is 1.18 bits per heavy atom. The van der Waals surface area contributed by atoms with Crippen LogP contribution in [0.2, 0.25) is 0 Å². The van der Waals surface area contributed by atoms with E-state index in [1.807, 2.05) is 12.4 Å². The molecule has 114 valence electrons. The number of pyridine rings is 1. The van der Waals surface area contributed by atoms with Crippen molar-refractivity contribution in [2.45, 2.75) is 25.7 Å². The van der Waals surface area contributed by atoms with Crippen LogP contribution in [-0.2, 0) is 0 Å². The van der Waals surface area contributed by atoms with E-state index < -0.39 is 0 Å². The van der Waals surface area contributed by atoms with E-state index in [2.05, 4.69) is 20.9 Å². The van der Waals surface area contributed by atoms with Crippen LogP contribution in [0.3, 0.4) is 0 Å². The molecular formula is C17H21N5. The quantitative estimate of drug-likeness (QED) is 0.753. The van der Waals surface area contributed by atoms with Gasteiger partial charge >= 0.3 is 0 Å². The number of H-pyrrole nitrogens is 1. The first-order valence-electron chi connectivity index (χ1n) is 7.78. The molecule has 5 heteroatoms. The van der Waals surface area contributed by atoms with Gasteiger partial charge < -0.3 is 20.7 Å². The summed E-state index contributed by atoms with van der Waals surface area (Å²) in [5.41, 5.74) is 3.70. The average molecular weight is 295 g/mol. The van der Waals surface area contributed by atoms with Gasteiger partial charge in [-0.25, -0.2) is 4.98 Å². The molecule has 2 aromatic heterocycles. The Hall–Kier alpha value is -2.43. The van der Waals surface area contributed by atoms with Crippen molar-refractivity contribution in [3.05, 3.63) is 30.1 Å². The van der Waals surface area contributed by atoms with Gasteiger partial charge in [0.1, 0.15) is 5.65 Å². The summed E-state index contributed by atoms with van der Waals surface area (Å²) in [5.74, 6) is 0. The molecule has 3 N–H and O–H groups in total. The number of anilines is 1. The Kier molecular flexibility index (Phi) is 4.32. The fourth-order valence-electron chi connectivity index (χ4n) is 3.15. The minimum atomic E-state index is 0.727. The summed E-state index contributed by atoms with van der Waals surface area (Å²) in [6.45, 7) is 2.13. The van der Waals surface area contributed by atoms with Crippen molar-refractivity contribution in [1.82, 2.24) is 9.97 Å².